The lowest BCUT2D eigenvalue weighted by atomic mass is 10.0. The van der Waals surface area contributed by atoms with Gasteiger partial charge in [-0.25, -0.2) is 0 Å². The van der Waals surface area contributed by atoms with Gasteiger partial charge >= 0.3 is 0 Å². The van der Waals surface area contributed by atoms with E-state index >= 15 is 0 Å². The largest absolute Gasteiger partial charge is 0.497 e. The van der Waals surface area contributed by atoms with E-state index in [-0.39, 0.29) is 0 Å². The van der Waals surface area contributed by atoms with Crippen LogP contribution in [0.3, 0.4) is 0 Å². The zero-order chi connectivity index (χ0) is 14.9. The van der Waals surface area contributed by atoms with Gasteiger partial charge in [-0.3, -0.25) is 0 Å². The second-order valence-corrected chi connectivity index (χ2v) is 4.75. The van der Waals surface area contributed by atoms with Crippen LogP contribution in [-0.4, -0.2) is 12.3 Å². The highest BCUT2D eigenvalue weighted by atomic mass is 16.9. The summed E-state index contributed by atoms with van der Waals surface area (Å²) in [6.45, 7) is 0. The molecule has 0 fully saturated rings. The molecule has 3 aromatic rings. The van der Waals surface area contributed by atoms with Crippen LogP contribution in [-0.2, 0) is 0 Å². The first kappa shape index (κ1) is 12.7. The molecule has 1 aromatic heterocycles. The van der Waals surface area contributed by atoms with Crippen LogP contribution in [0.2, 0.25) is 0 Å². The first-order chi connectivity index (χ1) is 10.8. The van der Waals surface area contributed by atoms with Crippen LogP contribution < -0.4 is 20.1 Å². The van der Waals surface area contributed by atoms with Gasteiger partial charge in [0.2, 0.25) is 0 Å². The highest BCUT2D eigenvalue weighted by molar-refractivity contribution is 5.80. The number of rotatable bonds is 3. The standard InChI is InChI=1S/C16H12N2O4/c1-19-12-5-2-10(3-6-12)13-9-17-22-16(13)11-4-7-14-15(8-11)21-18-20-14/h2-9,18H,1H3. The van der Waals surface area contributed by atoms with Crippen molar-refractivity contribution in [2.24, 2.45) is 0 Å². The molecule has 0 spiro atoms. The molecule has 1 N–H and O–H groups in total. The molecule has 0 amide bonds. The average molecular weight is 296 g/mol. The lowest BCUT2D eigenvalue weighted by Gasteiger charge is -2.04. The van der Waals surface area contributed by atoms with E-state index in [4.69, 9.17) is 18.9 Å². The number of benzene rings is 2. The van der Waals surface area contributed by atoms with Gasteiger partial charge in [-0.15, -0.1) is 0 Å². The Hall–Kier alpha value is -2.99. The van der Waals surface area contributed by atoms with Crippen LogP contribution in [0, 0.1) is 0 Å². The summed E-state index contributed by atoms with van der Waals surface area (Å²) in [7, 11) is 1.64. The molecule has 0 bridgehead atoms. The Labute approximate surface area is 126 Å². The number of nitrogens with zero attached hydrogens (tertiary/aromatic N) is 1. The SMILES string of the molecule is COc1ccc(-c2cnoc2-c2ccc3c(c2)ONO3)cc1. The summed E-state index contributed by atoms with van der Waals surface area (Å²) < 4.78 is 10.6. The van der Waals surface area contributed by atoms with Gasteiger partial charge < -0.3 is 18.9 Å². The van der Waals surface area contributed by atoms with Crippen LogP contribution >= 0.6 is 0 Å². The Morgan fingerprint density at radius 3 is 2.55 bits per heavy atom. The van der Waals surface area contributed by atoms with Gasteiger partial charge in [-0.05, 0) is 35.9 Å². The van der Waals surface area contributed by atoms with Crippen molar-refractivity contribution in [3.05, 3.63) is 48.7 Å². The van der Waals surface area contributed by atoms with Crippen LogP contribution in [0.5, 0.6) is 17.2 Å². The fraction of sp³-hybridized carbons (Fsp3) is 0.0625. The van der Waals surface area contributed by atoms with E-state index in [9.17, 15) is 0 Å². The molecular formula is C16H12N2O4. The predicted molar refractivity (Wildman–Crippen MR) is 78.3 cm³/mol. The van der Waals surface area contributed by atoms with Gasteiger partial charge in [-0.2, -0.15) is 0 Å². The summed E-state index contributed by atoms with van der Waals surface area (Å²) in [5.74, 6) is 2.71. The third kappa shape index (κ3) is 2.06. The second-order valence-electron chi connectivity index (χ2n) is 4.75. The lowest BCUT2D eigenvalue weighted by molar-refractivity contribution is 0.0260. The molecule has 0 unspecified atom stereocenters. The van der Waals surface area contributed by atoms with Gasteiger partial charge in [0.05, 0.1) is 13.3 Å². The molecule has 2 aromatic carbocycles. The molecular weight excluding hydrogens is 284 g/mol. The third-order valence-corrected chi connectivity index (χ3v) is 3.48. The second kappa shape index (κ2) is 5.09. The van der Waals surface area contributed by atoms with Gasteiger partial charge in [0.15, 0.2) is 17.3 Å². The van der Waals surface area contributed by atoms with Crippen LogP contribution in [0.15, 0.2) is 53.2 Å². The molecule has 0 saturated carbocycles. The summed E-state index contributed by atoms with van der Waals surface area (Å²) >= 11 is 0. The van der Waals surface area contributed by atoms with Crippen molar-refractivity contribution in [2.75, 3.05) is 7.11 Å². The fourth-order valence-corrected chi connectivity index (χ4v) is 2.35. The molecule has 110 valence electrons. The minimum Gasteiger partial charge on any atom is -0.497 e. The van der Waals surface area contributed by atoms with Gasteiger partial charge in [-0.1, -0.05) is 17.3 Å². The van der Waals surface area contributed by atoms with Crippen molar-refractivity contribution in [2.45, 2.75) is 0 Å². The summed E-state index contributed by atoms with van der Waals surface area (Å²) in [6.07, 6.45) is 1.69. The molecule has 6 heteroatoms. The van der Waals surface area contributed by atoms with Crippen molar-refractivity contribution < 1.29 is 18.9 Å². The zero-order valence-corrected chi connectivity index (χ0v) is 11.7. The normalized spacial score (nSPS) is 12.4. The highest BCUT2D eigenvalue weighted by Gasteiger charge is 2.19. The maximum Gasteiger partial charge on any atom is 0.196 e. The van der Waals surface area contributed by atoms with E-state index in [2.05, 4.69) is 10.8 Å². The molecule has 0 saturated heterocycles. The smallest absolute Gasteiger partial charge is 0.196 e. The molecule has 2 heterocycles. The van der Waals surface area contributed by atoms with E-state index in [1.807, 2.05) is 42.5 Å². The Kier molecular flexibility index (Phi) is 2.94. The maximum atomic E-state index is 5.42. The molecule has 1 aliphatic heterocycles. The Bertz CT molecular complexity index is 811. The predicted octanol–water partition coefficient (Wildman–Crippen LogP) is 3.21. The first-order valence-corrected chi connectivity index (χ1v) is 6.67. The maximum absolute atomic E-state index is 5.42. The summed E-state index contributed by atoms with van der Waals surface area (Å²) in [6, 6.07) is 13.3. The molecule has 4 rings (SSSR count). The fourth-order valence-electron chi connectivity index (χ4n) is 2.35. The van der Waals surface area contributed by atoms with Crippen molar-refractivity contribution in [3.8, 4) is 39.7 Å². The van der Waals surface area contributed by atoms with E-state index in [1.54, 1.807) is 13.3 Å². The molecule has 6 nitrogen and oxygen atoms in total. The average Bonchev–Trinajstić information content (AvgIpc) is 3.23. The number of hydrogen-bond acceptors (Lipinski definition) is 6. The minimum atomic E-state index is 0.606. The Balaban J connectivity index is 1.76. The number of fused-ring (bicyclic) bond motifs is 1. The van der Waals surface area contributed by atoms with E-state index in [0.717, 1.165) is 22.4 Å². The first-order valence-electron chi connectivity index (χ1n) is 6.67. The van der Waals surface area contributed by atoms with Gasteiger partial charge in [0.1, 0.15) is 5.75 Å². The van der Waals surface area contributed by atoms with Gasteiger partial charge in [0.25, 0.3) is 0 Å². The van der Waals surface area contributed by atoms with E-state index < -0.39 is 0 Å². The Morgan fingerprint density at radius 2 is 1.73 bits per heavy atom. The van der Waals surface area contributed by atoms with Crippen molar-refractivity contribution in [1.82, 2.24) is 10.8 Å². The van der Waals surface area contributed by atoms with Crippen molar-refractivity contribution >= 4 is 0 Å². The molecule has 0 aliphatic carbocycles. The van der Waals surface area contributed by atoms with Crippen LogP contribution in [0.25, 0.3) is 22.5 Å². The Morgan fingerprint density at radius 1 is 0.955 bits per heavy atom. The molecule has 0 atom stereocenters. The summed E-state index contributed by atoms with van der Waals surface area (Å²) in [4.78, 5) is 10.2. The summed E-state index contributed by atoms with van der Waals surface area (Å²) in [5, 5.41) is 3.92. The molecule has 22 heavy (non-hydrogen) atoms. The highest BCUT2D eigenvalue weighted by Crippen LogP contribution is 2.38. The summed E-state index contributed by atoms with van der Waals surface area (Å²) in [5.41, 5.74) is 5.11. The monoisotopic (exact) mass is 296 g/mol. The number of nitrogens with one attached hydrogen (secondary N) is 1. The van der Waals surface area contributed by atoms with Crippen LogP contribution in [0.1, 0.15) is 0 Å². The minimum absolute atomic E-state index is 0.606. The topological polar surface area (TPSA) is 65.8 Å². The molecule has 0 radical (unpaired) electrons. The number of methoxy groups -OCH3 is 1. The van der Waals surface area contributed by atoms with E-state index in [0.29, 0.717) is 17.3 Å². The van der Waals surface area contributed by atoms with Gasteiger partial charge in [0, 0.05) is 16.8 Å². The van der Waals surface area contributed by atoms with E-state index in [1.165, 1.54) is 0 Å². The number of ether oxygens (including phenoxy) is 1. The molecule has 1 aliphatic rings. The van der Waals surface area contributed by atoms with Crippen LogP contribution in [0.4, 0.5) is 0 Å². The number of hydrogen-bond donors (Lipinski definition) is 1. The van der Waals surface area contributed by atoms with Crippen molar-refractivity contribution in [3.63, 3.8) is 0 Å². The zero-order valence-electron chi connectivity index (χ0n) is 11.7. The quantitative estimate of drug-likeness (QED) is 0.800. The number of aromatic nitrogens is 1. The third-order valence-electron chi connectivity index (χ3n) is 3.48. The lowest BCUT2D eigenvalue weighted by Crippen LogP contribution is -2.14. The van der Waals surface area contributed by atoms with Crippen molar-refractivity contribution in [1.29, 1.82) is 0 Å².